The van der Waals surface area contributed by atoms with Crippen LogP contribution in [0.3, 0.4) is 0 Å². The molecule has 0 aromatic heterocycles. The van der Waals surface area contributed by atoms with Gasteiger partial charge in [-0.05, 0) is 28.5 Å². The smallest absolute Gasteiger partial charge is 0.190 e. The van der Waals surface area contributed by atoms with E-state index in [-0.39, 0.29) is 5.96 Å². The third-order valence-electron chi connectivity index (χ3n) is 2.88. The number of hydrogen-bond donors (Lipinski definition) is 3. The second-order valence-corrected chi connectivity index (χ2v) is 4.82. The zero-order chi connectivity index (χ0) is 12.0. The Morgan fingerprint density at radius 1 is 1.24 bits per heavy atom. The van der Waals surface area contributed by atoms with Crippen LogP contribution in [0.15, 0.2) is 30.3 Å². The Morgan fingerprint density at radius 3 is 2.82 bits per heavy atom. The molecule has 17 heavy (non-hydrogen) atoms. The molecule has 2 aromatic rings. The van der Waals surface area contributed by atoms with Crippen LogP contribution >= 0.6 is 15.9 Å². The highest BCUT2D eigenvalue weighted by Crippen LogP contribution is 2.42. The molecule has 84 valence electrons. The van der Waals surface area contributed by atoms with Gasteiger partial charge in [-0.3, -0.25) is 5.41 Å². The van der Waals surface area contributed by atoms with Crippen molar-refractivity contribution in [3.05, 3.63) is 41.5 Å². The number of guanidine groups is 1. The fourth-order valence-corrected chi connectivity index (χ4v) is 2.77. The first-order chi connectivity index (χ1) is 8.16. The van der Waals surface area contributed by atoms with E-state index in [9.17, 15) is 0 Å². The summed E-state index contributed by atoms with van der Waals surface area (Å²) in [6, 6.07) is 10.2. The van der Waals surface area contributed by atoms with Gasteiger partial charge in [-0.15, -0.1) is 0 Å². The van der Waals surface area contributed by atoms with Gasteiger partial charge in [-0.25, -0.2) is 0 Å². The molecule has 1 aliphatic carbocycles. The molecule has 3 rings (SSSR count). The van der Waals surface area contributed by atoms with E-state index < -0.39 is 0 Å². The van der Waals surface area contributed by atoms with E-state index in [2.05, 4.69) is 39.5 Å². The van der Waals surface area contributed by atoms with Crippen molar-refractivity contribution in [3.63, 3.8) is 0 Å². The van der Waals surface area contributed by atoms with Gasteiger partial charge in [0.15, 0.2) is 5.96 Å². The van der Waals surface area contributed by atoms with Crippen molar-refractivity contribution in [2.75, 3.05) is 5.32 Å². The topological polar surface area (TPSA) is 61.9 Å². The Bertz CT molecular complexity index is 674. The van der Waals surface area contributed by atoms with Gasteiger partial charge >= 0.3 is 0 Å². The molecule has 0 unspecified atom stereocenters. The first-order valence-electron chi connectivity index (χ1n) is 5.21. The zero-order valence-corrected chi connectivity index (χ0v) is 10.5. The lowest BCUT2D eigenvalue weighted by atomic mass is 10.0. The minimum atomic E-state index is -0.0468. The van der Waals surface area contributed by atoms with Gasteiger partial charge in [0.1, 0.15) is 0 Å². The van der Waals surface area contributed by atoms with Crippen LogP contribution in [-0.2, 0) is 0 Å². The molecule has 4 N–H and O–H groups in total. The summed E-state index contributed by atoms with van der Waals surface area (Å²) in [4.78, 5) is 0. The monoisotopic (exact) mass is 287 g/mol. The van der Waals surface area contributed by atoms with Crippen molar-refractivity contribution >= 4 is 48.9 Å². The Labute approximate surface area is 107 Å². The van der Waals surface area contributed by atoms with E-state index in [4.69, 9.17) is 11.1 Å². The maximum atomic E-state index is 7.31. The summed E-state index contributed by atoms with van der Waals surface area (Å²) in [5, 5.41) is 12.6. The van der Waals surface area contributed by atoms with Gasteiger partial charge in [0.05, 0.1) is 0 Å². The van der Waals surface area contributed by atoms with Crippen LogP contribution in [0.4, 0.5) is 5.69 Å². The van der Waals surface area contributed by atoms with Gasteiger partial charge in [0.25, 0.3) is 0 Å². The average molecular weight is 288 g/mol. The van der Waals surface area contributed by atoms with Crippen LogP contribution in [-0.4, -0.2) is 5.96 Å². The molecule has 1 aliphatic rings. The molecule has 2 aromatic carbocycles. The van der Waals surface area contributed by atoms with Crippen molar-refractivity contribution in [2.24, 2.45) is 5.73 Å². The predicted molar refractivity (Wildman–Crippen MR) is 76.3 cm³/mol. The normalized spacial score (nSPS) is 12.6. The zero-order valence-electron chi connectivity index (χ0n) is 8.92. The molecule has 0 spiro atoms. The Morgan fingerprint density at radius 2 is 2.06 bits per heavy atom. The second kappa shape index (κ2) is 3.60. The number of hydrogen-bond acceptors (Lipinski definition) is 1. The van der Waals surface area contributed by atoms with Crippen molar-refractivity contribution < 1.29 is 0 Å². The van der Waals surface area contributed by atoms with E-state index >= 15 is 0 Å². The fourth-order valence-electron chi connectivity index (χ4n) is 2.21. The molecule has 0 fully saturated rings. The number of anilines is 1. The molecule has 4 heteroatoms. The van der Waals surface area contributed by atoms with Crippen molar-refractivity contribution in [1.29, 1.82) is 5.41 Å². The van der Waals surface area contributed by atoms with Crippen LogP contribution in [0.5, 0.6) is 0 Å². The minimum absolute atomic E-state index is 0.0468. The highest BCUT2D eigenvalue weighted by atomic mass is 79.9. The number of halogens is 1. The lowest BCUT2D eigenvalue weighted by Crippen LogP contribution is -2.20. The van der Waals surface area contributed by atoms with Gasteiger partial charge < -0.3 is 11.1 Å². The number of nitrogens with one attached hydrogen (secondary N) is 2. The molecule has 0 aliphatic heterocycles. The van der Waals surface area contributed by atoms with Crippen LogP contribution in [0.2, 0.25) is 0 Å². The van der Waals surface area contributed by atoms with Gasteiger partial charge in [-0.2, -0.15) is 0 Å². The Kier molecular flexibility index (Phi) is 2.19. The Balaban J connectivity index is 2.33. The summed E-state index contributed by atoms with van der Waals surface area (Å²) >= 11 is 3.56. The Hall–Kier alpha value is -1.81. The molecule has 0 amide bonds. The van der Waals surface area contributed by atoms with E-state index in [1.165, 1.54) is 16.3 Å². The fraction of sp³-hybridized carbons (Fsp3) is 0. The summed E-state index contributed by atoms with van der Waals surface area (Å²) in [7, 11) is 0. The molecule has 0 heterocycles. The molecule has 0 atom stereocenters. The average Bonchev–Trinajstić information content (AvgIpc) is 2.62. The molecular formula is C13H10BrN3. The SMILES string of the molecule is N=C(N)Nc1ccc2cccc3c2c1C=C3Br. The summed E-state index contributed by atoms with van der Waals surface area (Å²) in [5.41, 5.74) is 8.52. The van der Waals surface area contributed by atoms with E-state index in [0.717, 1.165) is 15.7 Å². The summed E-state index contributed by atoms with van der Waals surface area (Å²) in [6.07, 6.45) is 2.06. The quantitative estimate of drug-likeness (QED) is 0.556. The van der Waals surface area contributed by atoms with Crippen LogP contribution in [0, 0.1) is 5.41 Å². The lowest BCUT2D eigenvalue weighted by molar-refractivity contribution is 1.41. The van der Waals surface area contributed by atoms with E-state index in [0.29, 0.717) is 0 Å². The van der Waals surface area contributed by atoms with Gasteiger partial charge in [0.2, 0.25) is 0 Å². The van der Waals surface area contributed by atoms with Gasteiger partial charge in [0, 0.05) is 15.7 Å². The van der Waals surface area contributed by atoms with Crippen molar-refractivity contribution in [3.8, 4) is 0 Å². The largest absolute Gasteiger partial charge is 0.370 e. The third kappa shape index (κ3) is 1.52. The van der Waals surface area contributed by atoms with Crippen LogP contribution in [0.1, 0.15) is 11.1 Å². The predicted octanol–water partition coefficient (Wildman–Crippen LogP) is 3.35. The van der Waals surface area contributed by atoms with E-state index in [1.54, 1.807) is 0 Å². The first kappa shape index (κ1) is 10.4. The summed E-state index contributed by atoms with van der Waals surface area (Å²) < 4.78 is 1.07. The molecule has 3 nitrogen and oxygen atoms in total. The first-order valence-corrected chi connectivity index (χ1v) is 6.00. The highest BCUT2D eigenvalue weighted by Gasteiger charge is 2.17. The standard InChI is InChI=1S/C13H10BrN3/c14-10-6-9-11(17-13(15)16)5-4-7-2-1-3-8(10)12(7)9/h1-6H,(H4,15,16,17). The van der Waals surface area contributed by atoms with Crippen molar-refractivity contribution in [2.45, 2.75) is 0 Å². The number of rotatable bonds is 1. The maximum Gasteiger partial charge on any atom is 0.190 e. The number of nitrogens with two attached hydrogens (primary N) is 1. The highest BCUT2D eigenvalue weighted by molar-refractivity contribution is 9.15. The molecule has 0 saturated carbocycles. The minimum Gasteiger partial charge on any atom is -0.370 e. The third-order valence-corrected chi connectivity index (χ3v) is 3.54. The van der Waals surface area contributed by atoms with E-state index in [1.807, 2.05) is 18.2 Å². The summed E-state index contributed by atoms with van der Waals surface area (Å²) in [5.74, 6) is -0.0468. The van der Waals surface area contributed by atoms with Crippen molar-refractivity contribution in [1.82, 2.24) is 0 Å². The van der Waals surface area contributed by atoms with Crippen LogP contribution in [0.25, 0.3) is 21.3 Å². The second-order valence-electron chi connectivity index (χ2n) is 3.96. The molecule has 0 radical (unpaired) electrons. The molecule has 0 saturated heterocycles. The molecule has 0 bridgehead atoms. The maximum absolute atomic E-state index is 7.31. The van der Waals surface area contributed by atoms with Crippen LogP contribution < -0.4 is 11.1 Å². The number of benzene rings is 2. The summed E-state index contributed by atoms with van der Waals surface area (Å²) in [6.45, 7) is 0. The lowest BCUT2D eigenvalue weighted by Gasteiger charge is -2.09. The molecular weight excluding hydrogens is 278 g/mol. The van der Waals surface area contributed by atoms with Gasteiger partial charge in [-0.1, -0.05) is 40.2 Å².